The van der Waals surface area contributed by atoms with E-state index >= 15 is 0 Å². The lowest BCUT2D eigenvalue weighted by molar-refractivity contribution is 0.247. The first-order valence-electron chi connectivity index (χ1n) is 7.93. The van der Waals surface area contributed by atoms with Crippen LogP contribution in [0.15, 0.2) is 30.9 Å². The van der Waals surface area contributed by atoms with E-state index in [1.54, 1.807) is 11.0 Å². The normalized spacial score (nSPS) is 14.4. The number of benzene rings is 1. The van der Waals surface area contributed by atoms with Crippen LogP contribution >= 0.6 is 0 Å². The Labute approximate surface area is 135 Å². The number of hydrogen-bond donors (Lipinski definition) is 2. The zero-order chi connectivity index (χ0) is 16.2. The number of hydrogen-bond acceptors (Lipinski definition) is 4. The average molecular weight is 314 g/mol. The quantitative estimate of drug-likeness (QED) is 0.883. The molecule has 2 amide bonds. The van der Waals surface area contributed by atoms with Crippen LogP contribution in [0.4, 0.5) is 16.2 Å². The predicted molar refractivity (Wildman–Crippen MR) is 89.7 cm³/mol. The van der Waals surface area contributed by atoms with Gasteiger partial charge in [-0.15, -0.1) is 0 Å². The number of carbonyl (C=O) groups is 1. The van der Waals surface area contributed by atoms with Gasteiger partial charge in [-0.2, -0.15) is 5.10 Å². The van der Waals surface area contributed by atoms with Crippen LogP contribution in [0.1, 0.15) is 19.4 Å². The Kier molecular flexibility index (Phi) is 4.45. The van der Waals surface area contributed by atoms with E-state index in [1.807, 2.05) is 19.1 Å². The second-order valence-corrected chi connectivity index (χ2v) is 5.79. The number of amides is 2. The molecule has 0 aliphatic carbocycles. The lowest BCUT2D eigenvalue weighted by Crippen LogP contribution is -2.38. The van der Waals surface area contributed by atoms with Gasteiger partial charge in [0.2, 0.25) is 0 Å². The minimum absolute atomic E-state index is 0.0433. The first-order valence-corrected chi connectivity index (χ1v) is 7.93. The third kappa shape index (κ3) is 3.61. The Hall–Kier alpha value is -2.57. The topological polar surface area (TPSA) is 75.1 Å². The molecule has 1 aromatic carbocycles. The molecule has 0 saturated heterocycles. The zero-order valence-electron chi connectivity index (χ0n) is 13.5. The van der Waals surface area contributed by atoms with Gasteiger partial charge in [0.1, 0.15) is 12.7 Å². The van der Waals surface area contributed by atoms with Crippen LogP contribution in [0.5, 0.6) is 0 Å². The number of carbonyl (C=O) groups excluding carboxylic acids is 1. The molecule has 3 rings (SSSR count). The van der Waals surface area contributed by atoms with Crippen molar-refractivity contribution in [3.8, 4) is 0 Å². The molecule has 2 N–H and O–H groups in total. The fraction of sp³-hybridized carbons (Fsp3) is 0.438. The lowest BCUT2D eigenvalue weighted by Gasteiger charge is -2.18. The van der Waals surface area contributed by atoms with Crippen LogP contribution in [-0.4, -0.2) is 39.9 Å². The summed E-state index contributed by atoms with van der Waals surface area (Å²) in [6.07, 6.45) is 4.19. The van der Waals surface area contributed by atoms with Crippen molar-refractivity contribution in [1.82, 2.24) is 20.1 Å². The molecule has 0 radical (unpaired) electrons. The number of nitrogens with zero attached hydrogens (tertiary/aromatic N) is 4. The maximum absolute atomic E-state index is 12.1. The molecule has 122 valence electrons. The standard InChI is InChI=1S/C16H22N6O/c1-3-21-7-6-13-4-5-14(8-15(13)21)20-16(23)19-12(2)9-22-11-17-10-18-22/h4-5,8,10-12H,3,6-7,9H2,1-2H3,(H2,19,20,23)/t12-/m0/s1. The molecular weight excluding hydrogens is 292 g/mol. The lowest BCUT2D eigenvalue weighted by atomic mass is 10.1. The molecule has 2 aromatic rings. The summed E-state index contributed by atoms with van der Waals surface area (Å²) in [6, 6.07) is 5.85. The predicted octanol–water partition coefficient (Wildman–Crippen LogP) is 1.87. The number of aromatic nitrogens is 3. The van der Waals surface area contributed by atoms with Crippen LogP contribution in [0.25, 0.3) is 0 Å². The van der Waals surface area contributed by atoms with Gasteiger partial charge in [-0.25, -0.2) is 9.78 Å². The Bertz CT molecular complexity index is 669. The minimum atomic E-state index is -0.210. The van der Waals surface area contributed by atoms with Crippen molar-refractivity contribution < 1.29 is 4.79 Å². The van der Waals surface area contributed by atoms with Gasteiger partial charge in [0.05, 0.1) is 6.54 Å². The Morgan fingerprint density at radius 3 is 3.04 bits per heavy atom. The van der Waals surface area contributed by atoms with Crippen LogP contribution in [0, 0.1) is 0 Å². The van der Waals surface area contributed by atoms with Gasteiger partial charge in [-0.05, 0) is 38.0 Å². The van der Waals surface area contributed by atoms with Crippen molar-refractivity contribution in [3.63, 3.8) is 0 Å². The molecule has 0 fully saturated rings. The minimum Gasteiger partial charge on any atom is -0.371 e. The molecule has 7 heteroatoms. The number of nitrogens with one attached hydrogen (secondary N) is 2. The van der Waals surface area contributed by atoms with Gasteiger partial charge >= 0.3 is 6.03 Å². The van der Waals surface area contributed by atoms with Gasteiger partial charge in [0, 0.05) is 30.5 Å². The number of anilines is 2. The summed E-state index contributed by atoms with van der Waals surface area (Å²) in [5.74, 6) is 0. The molecule has 1 aromatic heterocycles. The van der Waals surface area contributed by atoms with Gasteiger partial charge in [-0.1, -0.05) is 6.07 Å². The summed E-state index contributed by atoms with van der Waals surface area (Å²) in [5, 5.41) is 9.84. The summed E-state index contributed by atoms with van der Waals surface area (Å²) in [7, 11) is 0. The first-order chi connectivity index (χ1) is 11.2. The van der Waals surface area contributed by atoms with Crippen molar-refractivity contribution in [2.45, 2.75) is 32.9 Å². The molecule has 7 nitrogen and oxygen atoms in total. The maximum Gasteiger partial charge on any atom is 0.319 e. The largest absolute Gasteiger partial charge is 0.371 e. The Balaban J connectivity index is 1.58. The van der Waals surface area contributed by atoms with Gasteiger partial charge in [0.15, 0.2) is 0 Å². The molecular formula is C16H22N6O. The SMILES string of the molecule is CCN1CCc2ccc(NC(=O)N[C@@H](C)Cn3cncn3)cc21. The van der Waals surface area contributed by atoms with Gasteiger partial charge < -0.3 is 15.5 Å². The number of likely N-dealkylation sites (N-methyl/N-ethyl adjacent to an activating group) is 1. The average Bonchev–Trinajstić information content (AvgIpc) is 3.15. The summed E-state index contributed by atoms with van der Waals surface area (Å²) >= 11 is 0. The van der Waals surface area contributed by atoms with Crippen molar-refractivity contribution in [2.24, 2.45) is 0 Å². The van der Waals surface area contributed by atoms with Crippen molar-refractivity contribution in [2.75, 3.05) is 23.3 Å². The van der Waals surface area contributed by atoms with E-state index in [9.17, 15) is 4.79 Å². The van der Waals surface area contributed by atoms with E-state index in [-0.39, 0.29) is 12.1 Å². The Morgan fingerprint density at radius 1 is 1.43 bits per heavy atom. The highest BCUT2D eigenvalue weighted by Gasteiger charge is 2.18. The highest BCUT2D eigenvalue weighted by Crippen LogP contribution is 2.30. The van der Waals surface area contributed by atoms with Crippen LogP contribution in [0.3, 0.4) is 0 Å². The molecule has 1 aliphatic rings. The van der Waals surface area contributed by atoms with E-state index in [0.717, 1.165) is 25.2 Å². The third-order valence-electron chi connectivity index (χ3n) is 4.02. The summed E-state index contributed by atoms with van der Waals surface area (Å²) in [4.78, 5) is 18.3. The van der Waals surface area contributed by atoms with Crippen molar-refractivity contribution in [1.29, 1.82) is 0 Å². The van der Waals surface area contributed by atoms with E-state index in [1.165, 1.54) is 17.6 Å². The van der Waals surface area contributed by atoms with Crippen LogP contribution in [0.2, 0.25) is 0 Å². The number of urea groups is 1. The summed E-state index contributed by atoms with van der Waals surface area (Å²) < 4.78 is 1.69. The second kappa shape index (κ2) is 6.68. The molecule has 1 atom stereocenters. The van der Waals surface area contributed by atoms with Crippen molar-refractivity contribution in [3.05, 3.63) is 36.4 Å². The monoisotopic (exact) mass is 314 g/mol. The van der Waals surface area contributed by atoms with Crippen LogP contribution in [-0.2, 0) is 13.0 Å². The molecule has 1 aliphatic heterocycles. The van der Waals surface area contributed by atoms with Gasteiger partial charge in [0.25, 0.3) is 0 Å². The fourth-order valence-electron chi connectivity index (χ4n) is 2.90. The smallest absolute Gasteiger partial charge is 0.319 e. The zero-order valence-corrected chi connectivity index (χ0v) is 13.5. The number of fused-ring (bicyclic) bond motifs is 1. The second-order valence-electron chi connectivity index (χ2n) is 5.79. The molecule has 0 spiro atoms. The summed E-state index contributed by atoms with van der Waals surface area (Å²) in [5.41, 5.74) is 3.38. The Morgan fingerprint density at radius 2 is 2.30 bits per heavy atom. The van der Waals surface area contributed by atoms with Crippen LogP contribution < -0.4 is 15.5 Å². The maximum atomic E-state index is 12.1. The molecule has 23 heavy (non-hydrogen) atoms. The molecule has 2 heterocycles. The van der Waals surface area contributed by atoms with E-state index < -0.39 is 0 Å². The van der Waals surface area contributed by atoms with E-state index in [0.29, 0.717) is 6.54 Å². The van der Waals surface area contributed by atoms with Gasteiger partial charge in [-0.3, -0.25) is 4.68 Å². The number of rotatable bonds is 5. The van der Waals surface area contributed by atoms with E-state index in [2.05, 4.69) is 38.6 Å². The highest BCUT2D eigenvalue weighted by atomic mass is 16.2. The summed E-state index contributed by atoms with van der Waals surface area (Å²) in [6.45, 7) is 6.70. The highest BCUT2D eigenvalue weighted by molar-refractivity contribution is 5.90. The fourth-order valence-corrected chi connectivity index (χ4v) is 2.90. The molecule has 0 saturated carbocycles. The van der Waals surface area contributed by atoms with Crippen molar-refractivity contribution >= 4 is 17.4 Å². The van der Waals surface area contributed by atoms with E-state index in [4.69, 9.17) is 0 Å². The third-order valence-corrected chi connectivity index (χ3v) is 4.02. The molecule has 0 unspecified atom stereocenters. The molecule has 0 bridgehead atoms. The first kappa shape index (κ1) is 15.3.